The van der Waals surface area contributed by atoms with Crippen molar-refractivity contribution < 1.29 is 28.6 Å². The molecule has 0 aliphatic heterocycles. The number of hydrogen-bond acceptors (Lipinski definition) is 6. The molecule has 1 atom stereocenters. The van der Waals surface area contributed by atoms with E-state index in [0.717, 1.165) is 128 Å². The fourth-order valence-corrected chi connectivity index (χ4v) is 7.13. The minimum absolute atomic E-state index is 0.0859. The zero-order valence-electron chi connectivity index (χ0n) is 42.2. The fraction of sp³-hybridized carbons (Fsp3) is 0.678. The number of carbonyl (C=O) groups excluding carboxylic acids is 3. The van der Waals surface area contributed by atoms with Crippen molar-refractivity contribution in [3.05, 3.63) is 97.2 Å². The Bertz CT molecular complexity index is 1310. The molecule has 0 bridgehead atoms. The van der Waals surface area contributed by atoms with Gasteiger partial charge in [-0.25, -0.2) is 0 Å². The first-order valence-electron chi connectivity index (χ1n) is 26.7. The molecule has 0 aromatic heterocycles. The predicted octanol–water partition coefficient (Wildman–Crippen LogP) is 17.8. The first kappa shape index (κ1) is 61.3. The Morgan fingerprint density at radius 1 is 0.323 bits per heavy atom. The molecule has 0 amide bonds. The van der Waals surface area contributed by atoms with E-state index < -0.39 is 6.10 Å². The first-order valence-corrected chi connectivity index (χ1v) is 26.7. The third-order valence-corrected chi connectivity index (χ3v) is 11.1. The molecule has 6 nitrogen and oxygen atoms in total. The van der Waals surface area contributed by atoms with E-state index in [1.165, 1.54) is 70.6 Å². The zero-order valence-corrected chi connectivity index (χ0v) is 42.2. The van der Waals surface area contributed by atoms with Crippen LogP contribution in [0.15, 0.2) is 97.2 Å². The summed E-state index contributed by atoms with van der Waals surface area (Å²) < 4.78 is 16.7. The molecule has 370 valence electrons. The van der Waals surface area contributed by atoms with Crippen molar-refractivity contribution in [2.24, 2.45) is 0 Å². The Labute approximate surface area is 400 Å². The van der Waals surface area contributed by atoms with Gasteiger partial charge in [0.05, 0.1) is 0 Å². The van der Waals surface area contributed by atoms with Gasteiger partial charge in [-0.2, -0.15) is 0 Å². The molecule has 0 aromatic rings. The van der Waals surface area contributed by atoms with E-state index in [0.29, 0.717) is 19.3 Å². The van der Waals surface area contributed by atoms with Crippen LogP contribution in [0.25, 0.3) is 0 Å². The van der Waals surface area contributed by atoms with Crippen molar-refractivity contribution in [1.29, 1.82) is 0 Å². The summed E-state index contributed by atoms with van der Waals surface area (Å²) in [7, 11) is 0. The molecule has 6 heteroatoms. The van der Waals surface area contributed by atoms with Crippen LogP contribution < -0.4 is 0 Å². The third-order valence-electron chi connectivity index (χ3n) is 11.1. The summed E-state index contributed by atoms with van der Waals surface area (Å²) in [6.45, 7) is 6.31. The Morgan fingerprint density at radius 2 is 0.600 bits per heavy atom. The van der Waals surface area contributed by atoms with Crippen LogP contribution in [0.4, 0.5) is 0 Å². The minimum Gasteiger partial charge on any atom is -0.462 e. The van der Waals surface area contributed by atoms with Crippen molar-refractivity contribution >= 4 is 17.9 Å². The molecule has 0 rings (SSSR count). The Hall–Kier alpha value is -3.67. The molecule has 0 N–H and O–H groups in total. The molecule has 0 aromatic carbocycles. The maximum Gasteiger partial charge on any atom is 0.306 e. The quantitative estimate of drug-likeness (QED) is 0.0262. The Morgan fingerprint density at radius 3 is 0.938 bits per heavy atom. The molecule has 0 aliphatic carbocycles. The molecule has 0 spiro atoms. The third kappa shape index (κ3) is 51.2. The highest BCUT2D eigenvalue weighted by atomic mass is 16.6. The van der Waals surface area contributed by atoms with Crippen LogP contribution in [0.3, 0.4) is 0 Å². The van der Waals surface area contributed by atoms with Crippen LogP contribution in [0, 0.1) is 0 Å². The minimum atomic E-state index is -0.784. The second-order valence-corrected chi connectivity index (χ2v) is 17.4. The highest BCUT2D eigenvalue weighted by Crippen LogP contribution is 2.14. The molecule has 0 aliphatic rings. The van der Waals surface area contributed by atoms with Crippen LogP contribution in [0.1, 0.15) is 239 Å². The lowest BCUT2D eigenvalue weighted by molar-refractivity contribution is -0.167. The number of unbranched alkanes of at least 4 members (excludes halogenated alkanes) is 20. The highest BCUT2D eigenvalue weighted by Gasteiger charge is 2.19. The number of carbonyl (C=O) groups is 3. The second-order valence-electron chi connectivity index (χ2n) is 17.4. The monoisotopic (exact) mass is 903 g/mol. The zero-order chi connectivity index (χ0) is 47.2. The fourth-order valence-electron chi connectivity index (χ4n) is 7.13. The average molecular weight is 903 g/mol. The Kier molecular flexibility index (Phi) is 50.0. The van der Waals surface area contributed by atoms with Crippen molar-refractivity contribution in [3.63, 3.8) is 0 Å². The number of ether oxygens (including phenoxy) is 3. The summed E-state index contributed by atoms with van der Waals surface area (Å²) in [6, 6.07) is 0. The van der Waals surface area contributed by atoms with Gasteiger partial charge >= 0.3 is 17.9 Å². The van der Waals surface area contributed by atoms with Crippen molar-refractivity contribution in [1.82, 2.24) is 0 Å². The molecular weight excluding hydrogens is 805 g/mol. The van der Waals surface area contributed by atoms with E-state index in [2.05, 4.69) is 118 Å². The van der Waals surface area contributed by atoms with Crippen LogP contribution in [0.2, 0.25) is 0 Å². The molecule has 0 saturated heterocycles. The van der Waals surface area contributed by atoms with Gasteiger partial charge in [-0.15, -0.1) is 0 Å². The van der Waals surface area contributed by atoms with Crippen LogP contribution in [-0.4, -0.2) is 37.2 Å². The largest absolute Gasteiger partial charge is 0.462 e. The molecule has 65 heavy (non-hydrogen) atoms. The molecular formula is C59H98O6. The van der Waals surface area contributed by atoms with Crippen LogP contribution >= 0.6 is 0 Å². The normalized spacial score (nSPS) is 12.8. The van der Waals surface area contributed by atoms with Gasteiger partial charge in [0.15, 0.2) is 6.10 Å². The molecule has 1 unspecified atom stereocenters. The highest BCUT2D eigenvalue weighted by molar-refractivity contribution is 5.71. The lowest BCUT2D eigenvalue weighted by Gasteiger charge is -2.18. The standard InChI is InChI=1S/C59H98O6/c1-4-7-10-13-15-17-19-21-23-25-27-28-29-30-32-33-35-37-39-41-43-46-49-52-58(61)64-55-56(54-63-57(60)51-48-45-12-9-6-3)65-59(62)53-50-47-44-42-40-38-36-34-31-26-24-22-20-18-16-14-11-8-5-2/h7-8,10-11,15-18,21-24,27-28,31,34,56H,4-6,9,12-14,19-20,25-26,29-30,32-33,35-55H2,1-3H3/b10-7-,11-8-,17-15-,18-16-,23-21-,24-22-,28-27-,34-31-. The molecule has 0 heterocycles. The van der Waals surface area contributed by atoms with Crippen LogP contribution in [-0.2, 0) is 28.6 Å². The lowest BCUT2D eigenvalue weighted by atomic mass is 10.1. The topological polar surface area (TPSA) is 78.9 Å². The van der Waals surface area contributed by atoms with Gasteiger partial charge in [0, 0.05) is 19.3 Å². The van der Waals surface area contributed by atoms with Gasteiger partial charge in [0.2, 0.25) is 0 Å². The van der Waals surface area contributed by atoms with E-state index in [-0.39, 0.29) is 31.1 Å². The van der Waals surface area contributed by atoms with Crippen LogP contribution in [0.5, 0.6) is 0 Å². The SMILES string of the molecule is CC/C=C\C/C=C\C/C=C\C/C=C\CCCCCCCCCCCCC(=O)OCC(COC(=O)CCCCCCC)OC(=O)CCCCCCCC/C=C\C/C=C\C/C=C\C/C=C\CC. The van der Waals surface area contributed by atoms with Gasteiger partial charge in [-0.05, 0) is 96.3 Å². The maximum atomic E-state index is 12.8. The summed E-state index contributed by atoms with van der Waals surface area (Å²) in [6.07, 6.45) is 70.0. The Balaban J connectivity index is 4.17. The summed E-state index contributed by atoms with van der Waals surface area (Å²) in [5.41, 5.74) is 0. The molecule has 0 saturated carbocycles. The molecule has 0 fully saturated rings. The second kappa shape index (κ2) is 52.9. The van der Waals surface area contributed by atoms with Gasteiger partial charge in [-0.1, -0.05) is 221 Å². The van der Waals surface area contributed by atoms with E-state index in [1.54, 1.807) is 0 Å². The van der Waals surface area contributed by atoms with E-state index in [9.17, 15) is 14.4 Å². The van der Waals surface area contributed by atoms with Gasteiger partial charge in [0.25, 0.3) is 0 Å². The van der Waals surface area contributed by atoms with E-state index >= 15 is 0 Å². The summed E-state index contributed by atoms with van der Waals surface area (Å²) in [4.78, 5) is 37.7. The number of allylic oxidation sites excluding steroid dienone is 16. The van der Waals surface area contributed by atoms with Gasteiger partial charge in [-0.3, -0.25) is 14.4 Å². The first-order chi connectivity index (χ1) is 32.0. The average Bonchev–Trinajstić information content (AvgIpc) is 3.30. The maximum absolute atomic E-state index is 12.8. The number of esters is 3. The van der Waals surface area contributed by atoms with E-state index in [1.807, 2.05) is 0 Å². The van der Waals surface area contributed by atoms with Gasteiger partial charge in [0.1, 0.15) is 13.2 Å². The van der Waals surface area contributed by atoms with Crippen molar-refractivity contribution in [3.8, 4) is 0 Å². The van der Waals surface area contributed by atoms with E-state index in [4.69, 9.17) is 14.2 Å². The van der Waals surface area contributed by atoms with Crippen molar-refractivity contribution in [2.45, 2.75) is 245 Å². The smallest absolute Gasteiger partial charge is 0.306 e. The number of hydrogen-bond donors (Lipinski definition) is 0. The summed E-state index contributed by atoms with van der Waals surface area (Å²) >= 11 is 0. The van der Waals surface area contributed by atoms with Gasteiger partial charge < -0.3 is 14.2 Å². The lowest BCUT2D eigenvalue weighted by Crippen LogP contribution is -2.30. The number of rotatable bonds is 47. The predicted molar refractivity (Wildman–Crippen MR) is 279 cm³/mol. The molecule has 0 radical (unpaired) electrons. The summed E-state index contributed by atoms with van der Waals surface area (Å²) in [5.74, 6) is -0.919. The van der Waals surface area contributed by atoms with Crippen molar-refractivity contribution in [2.75, 3.05) is 13.2 Å². The summed E-state index contributed by atoms with van der Waals surface area (Å²) in [5, 5.41) is 0.